The number of nitrogens with one attached hydrogen (secondary N) is 1. The van der Waals surface area contributed by atoms with Gasteiger partial charge in [0.1, 0.15) is 5.82 Å². The molecule has 2 atom stereocenters. The van der Waals surface area contributed by atoms with E-state index < -0.39 is 0 Å². The third kappa shape index (κ3) is 6.64. The number of nitrogens with zero attached hydrogens (tertiary/aromatic N) is 2. The van der Waals surface area contributed by atoms with Crippen LogP contribution in [-0.2, 0) is 22.6 Å². The van der Waals surface area contributed by atoms with Gasteiger partial charge in [-0.3, -0.25) is 14.5 Å². The van der Waals surface area contributed by atoms with Crippen molar-refractivity contribution < 1.29 is 14.0 Å². The van der Waals surface area contributed by atoms with Crippen LogP contribution in [0, 0.1) is 11.7 Å². The van der Waals surface area contributed by atoms with Crippen LogP contribution in [0.2, 0.25) is 0 Å². The van der Waals surface area contributed by atoms with Gasteiger partial charge in [0.15, 0.2) is 0 Å². The molecule has 2 saturated heterocycles. The number of benzene rings is 2. The van der Waals surface area contributed by atoms with Crippen molar-refractivity contribution >= 4 is 11.8 Å². The number of hydrogen-bond acceptors (Lipinski definition) is 3. The summed E-state index contributed by atoms with van der Waals surface area (Å²) in [5.74, 6) is -0.414. The molecule has 2 amide bonds. The molecule has 2 aromatic rings. The zero-order valence-electron chi connectivity index (χ0n) is 19.2. The van der Waals surface area contributed by atoms with Gasteiger partial charge in [-0.05, 0) is 55.5 Å². The maximum Gasteiger partial charge on any atom is 0.227 e. The van der Waals surface area contributed by atoms with E-state index in [0.717, 1.165) is 37.9 Å². The fraction of sp³-hybridized carbons (Fsp3) is 0.481. The Morgan fingerprint density at radius 1 is 0.909 bits per heavy atom. The Hall–Kier alpha value is -2.73. The van der Waals surface area contributed by atoms with Crippen LogP contribution in [0.5, 0.6) is 0 Å². The van der Waals surface area contributed by atoms with Gasteiger partial charge >= 0.3 is 0 Å². The number of amides is 2. The van der Waals surface area contributed by atoms with Crippen molar-refractivity contribution in [3.8, 4) is 0 Å². The van der Waals surface area contributed by atoms with Crippen LogP contribution in [0.15, 0.2) is 54.6 Å². The first-order chi connectivity index (χ1) is 16.1. The first kappa shape index (κ1) is 23.4. The van der Waals surface area contributed by atoms with Gasteiger partial charge in [-0.15, -0.1) is 0 Å². The van der Waals surface area contributed by atoms with Gasteiger partial charge < -0.3 is 10.2 Å². The lowest BCUT2D eigenvalue weighted by atomic mass is 9.95. The second kappa shape index (κ2) is 11.4. The van der Waals surface area contributed by atoms with Crippen LogP contribution in [0.4, 0.5) is 4.39 Å². The standard InChI is InChI=1S/C27H34FN3O2/c28-24-13-11-21(12-14-24)17-26(32)31-16-6-9-23(20-31)27(33)29-18-25-10-4-5-15-30(25)19-22-7-2-1-3-8-22/h1-3,7-8,11-14,23,25H,4-6,9-10,15-20H2,(H,29,33)/t23-,25+/m0/s1. The SMILES string of the molecule is O=C(NC[C@H]1CCCCN1Cc1ccccc1)[C@H]1CCCN(C(=O)Cc2ccc(F)cc2)C1. The van der Waals surface area contributed by atoms with Crippen LogP contribution >= 0.6 is 0 Å². The normalized spacial score (nSPS) is 21.5. The molecule has 2 aliphatic heterocycles. The van der Waals surface area contributed by atoms with Crippen molar-refractivity contribution in [3.63, 3.8) is 0 Å². The molecule has 0 spiro atoms. The summed E-state index contributed by atoms with van der Waals surface area (Å²) in [7, 11) is 0. The molecular formula is C27H34FN3O2. The van der Waals surface area contributed by atoms with E-state index in [1.807, 2.05) is 6.07 Å². The second-order valence-corrected chi connectivity index (χ2v) is 9.33. The molecule has 0 aliphatic carbocycles. The molecule has 176 valence electrons. The minimum absolute atomic E-state index is 0.000393. The molecule has 4 rings (SSSR count). The highest BCUT2D eigenvalue weighted by Gasteiger charge is 2.29. The number of hydrogen-bond donors (Lipinski definition) is 1. The maximum absolute atomic E-state index is 13.1. The van der Waals surface area contributed by atoms with E-state index in [0.29, 0.717) is 25.7 Å². The molecule has 0 saturated carbocycles. The molecular weight excluding hydrogens is 417 g/mol. The topological polar surface area (TPSA) is 52.7 Å². The molecule has 2 aliphatic rings. The Labute approximate surface area is 196 Å². The van der Waals surface area contributed by atoms with Crippen molar-refractivity contribution in [3.05, 3.63) is 71.5 Å². The maximum atomic E-state index is 13.1. The lowest BCUT2D eigenvalue weighted by Gasteiger charge is -2.37. The van der Waals surface area contributed by atoms with Crippen molar-refractivity contribution in [1.29, 1.82) is 0 Å². The van der Waals surface area contributed by atoms with E-state index in [9.17, 15) is 14.0 Å². The zero-order valence-corrected chi connectivity index (χ0v) is 19.2. The van der Waals surface area contributed by atoms with Crippen LogP contribution in [0.25, 0.3) is 0 Å². The van der Waals surface area contributed by atoms with E-state index in [-0.39, 0.29) is 30.0 Å². The third-order valence-corrected chi connectivity index (χ3v) is 6.90. The fourth-order valence-corrected chi connectivity index (χ4v) is 4.99. The Morgan fingerprint density at radius 2 is 1.70 bits per heavy atom. The molecule has 5 nitrogen and oxygen atoms in total. The largest absolute Gasteiger partial charge is 0.354 e. The quantitative estimate of drug-likeness (QED) is 0.697. The van der Waals surface area contributed by atoms with E-state index in [4.69, 9.17) is 0 Å². The van der Waals surface area contributed by atoms with Gasteiger partial charge in [-0.2, -0.15) is 0 Å². The highest BCUT2D eigenvalue weighted by Crippen LogP contribution is 2.21. The van der Waals surface area contributed by atoms with Crippen molar-refractivity contribution in [2.45, 2.75) is 51.1 Å². The van der Waals surface area contributed by atoms with E-state index in [1.54, 1.807) is 17.0 Å². The van der Waals surface area contributed by atoms with Gasteiger partial charge in [-0.25, -0.2) is 4.39 Å². The van der Waals surface area contributed by atoms with Crippen molar-refractivity contribution in [2.75, 3.05) is 26.2 Å². The molecule has 2 aromatic carbocycles. The van der Waals surface area contributed by atoms with Crippen LogP contribution in [-0.4, -0.2) is 53.8 Å². The van der Waals surface area contributed by atoms with Crippen molar-refractivity contribution in [1.82, 2.24) is 15.1 Å². The van der Waals surface area contributed by atoms with Crippen LogP contribution in [0.1, 0.15) is 43.2 Å². The first-order valence-corrected chi connectivity index (χ1v) is 12.2. The first-order valence-electron chi connectivity index (χ1n) is 12.2. The molecule has 2 heterocycles. The highest BCUT2D eigenvalue weighted by atomic mass is 19.1. The van der Waals surface area contributed by atoms with Gasteiger partial charge in [0.2, 0.25) is 11.8 Å². The third-order valence-electron chi connectivity index (χ3n) is 6.90. The average Bonchev–Trinajstić information content (AvgIpc) is 2.85. The van der Waals surface area contributed by atoms with Gasteiger partial charge in [0, 0.05) is 32.2 Å². The van der Waals surface area contributed by atoms with Gasteiger partial charge in [0.25, 0.3) is 0 Å². The smallest absolute Gasteiger partial charge is 0.227 e. The van der Waals surface area contributed by atoms with Gasteiger partial charge in [-0.1, -0.05) is 48.9 Å². The monoisotopic (exact) mass is 451 g/mol. The average molecular weight is 452 g/mol. The second-order valence-electron chi connectivity index (χ2n) is 9.33. The Kier molecular flexibility index (Phi) is 8.10. The lowest BCUT2D eigenvalue weighted by molar-refractivity contribution is -0.135. The predicted molar refractivity (Wildman–Crippen MR) is 127 cm³/mol. The summed E-state index contributed by atoms with van der Waals surface area (Å²) >= 11 is 0. The molecule has 1 N–H and O–H groups in total. The highest BCUT2D eigenvalue weighted by molar-refractivity contribution is 5.82. The number of likely N-dealkylation sites (tertiary alicyclic amines) is 2. The summed E-state index contributed by atoms with van der Waals surface area (Å²) in [4.78, 5) is 30.0. The molecule has 33 heavy (non-hydrogen) atoms. The summed E-state index contributed by atoms with van der Waals surface area (Å²) in [5, 5.41) is 3.19. The zero-order chi connectivity index (χ0) is 23.0. The van der Waals surface area contributed by atoms with Crippen LogP contribution in [0.3, 0.4) is 0 Å². The van der Waals surface area contributed by atoms with E-state index >= 15 is 0 Å². The molecule has 0 aromatic heterocycles. The number of halogens is 1. The Balaban J connectivity index is 1.27. The Morgan fingerprint density at radius 3 is 2.48 bits per heavy atom. The number of piperidine rings is 2. The molecule has 0 unspecified atom stereocenters. The summed E-state index contributed by atoms with van der Waals surface area (Å²) in [6.45, 7) is 3.77. The van der Waals surface area contributed by atoms with Crippen LogP contribution < -0.4 is 5.32 Å². The Bertz CT molecular complexity index is 919. The molecule has 6 heteroatoms. The van der Waals surface area contributed by atoms with Crippen molar-refractivity contribution in [2.24, 2.45) is 5.92 Å². The fourth-order valence-electron chi connectivity index (χ4n) is 4.99. The minimum atomic E-state index is -0.304. The van der Waals surface area contributed by atoms with E-state index in [2.05, 4.69) is 34.5 Å². The molecule has 0 bridgehead atoms. The molecule has 0 radical (unpaired) electrons. The predicted octanol–water partition coefficient (Wildman–Crippen LogP) is 3.78. The summed E-state index contributed by atoms with van der Waals surface area (Å²) < 4.78 is 13.1. The summed E-state index contributed by atoms with van der Waals surface area (Å²) in [5.41, 5.74) is 2.10. The number of rotatable bonds is 7. The lowest BCUT2D eigenvalue weighted by Crippen LogP contribution is -2.50. The minimum Gasteiger partial charge on any atom is -0.354 e. The number of carbonyl (C=O) groups is 2. The van der Waals surface area contributed by atoms with E-state index in [1.165, 1.54) is 30.5 Å². The number of carbonyl (C=O) groups excluding carboxylic acids is 2. The summed E-state index contributed by atoms with van der Waals surface area (Å²) in [6.07, 6.45) is 5.37. The van der Waals surface area contributed by atoms with Gasteiger partial charge in [0.05, 0.1) is 12.3 Å². The summed E-state index contributed by atoms with van der Waals surface area (Å²) in [6, 6.07) is 16.9. The molecule has 2 fully saturated rings.